The molecule has 19 heavy (non-hydrogen) atoms. The van der Waals surface area contributed by atoms with Crippen LogP contribution in [0.15, 0.2) is 30.5 Å². The second kappa shape index (κ2) is 6.22. The molecule has 1 aromatic heterocycles. The number of aliphatic hydroxyl groups is 1. The van der Waals surface area contributed by atoms with E-state index in [-0.39, 0.29) is 6.10 Å². The summed E-state index contributed by atoms with van der Waals surface area (Å²) in [5.41, 5.74) is 2.56. The molecule has 1 aromatic carbocycles. The van der Waals surface area contributed by atoms with Crippen LogP contribution in [0.25, 0.3) is 10.9 Å². The molecule has 2 N–H and O–H groups in total. The number of hydrogen-bond acceptors (Lipinski definition) is 2. The first-order chi connectivity index (χ1) is 9.06. The van der Waals surface area contributed by atoms with E-state index in [1.165, 1.54) is 16.5 Å². The molecule has 0 aliphatic rings. The van der Waals surface area contributed by atoms with Crippen LogP contribution >= 0.6 is 0 Å². The zero-order chi connectivity index (χ0) is 13.8. The van der Waals surface area contributed by atoms with Crippen molar-refractivity contribution in [1.29, 1.82) is 0 Å². The summed E-state index contributed by atoms with van der Waals surface area (Å²) in [6.45, 7) is 7.91. The van der Waals surface area contributed by atoms with E-state index in [9.17, 15) is 5.11 Å². The van der Waals surface area contributed by atoms with Crippen molar-refractivity contribution in [2.75, 3.05) is 0 Å². The Morgan fingerprint density at radius 1 is 1.21 bits per heavy atom. The fourth-order valence-corrected chi connectivity index (χ4v) is 2.18. The Bertz CT molecular complexity index is 529. The fraction of sp³-hybridized carbons (Fsp3) is 0.500. The average Bonchev–Trinajstić information content (AvgIpc) is 2.76. The van der Waals surface area contributed by atoms with Crippen LogP contribution in [0.1, 0.15) is 32.8 Å². The molecule has 0 aliphatic heterocycles. The zero-order valence-corrected chi connectivity index (χ0v) is 12.1. The molecule has 3 nitrogen and oxygen atoms in total. The van der Waals surface area contributed by atoms with Gasteiger partial charge in [-0.15, -0.1) is 0 Å². The van der Waals surface area contributed by atoms with Gasteiger partial charge < -0.3 is 15.0 Å². The Morgan fingerprint density at radius 2 is 2.00 bits per heavy atom. The van der Waals surface area contributed by atoms with Crippen LogP contribution in [0.4, 0.5) is 0 Å². The van der Waals surface area contributed by atoms with Gasteiger partial charge in [-0.25, -0.2) is 0 Å². The third-order valence-corrected chi connectivity index (χ3v) is 3.34. The van der Waals surface area contributed by atoms with Crippen LogP contribution in [0, 0.1) is 0 Å². The van der Waals surface area contributed by atoms with Crippen molar-refractivity contribution >= 4 is 10.9 Å². The van der Waals surface area contributed by atoms with Gasteiger partial charge in [0.15, 0.2) is 0 Å². The third kappa shape index (κ3) is 3.82. The summed E-state index contributed by atoms with van der Waals surface area (Å²) in [6, 6.07) is 9.23. The second-order valence-electron chi connectivity index (χ2n) is 5.58. The van der Waals surface area contributed by atoms with Gasteiger partial charge in [-0.1, -0.05) is 26.0 Å². The normalized spacial score (nSPS) is 13.3. The van der Waals surface area contributed by atoms with Gasteiger partial charge in [-0.05, 0) is 36.4 Å². The highest BCUT2D eigenvalue weighted by atomic mass is 16.3. The van der Waals surface area contributed by atoms with Crippen LogP contribution < -0.4 is 5.32 Å². The number of fused-ring (bicyclic) bond motifs is 1. The molecular formula is C16H24N2O. The molecule has 0 bridgehead atoms. The molecule has 1 unspecified atom stereocenters. The lowest BCUT2D eigenvalue weighted by Gasteiger charge is -2.10. The lowest BCUT2D eigenvalue weighted by molar-refractivity contribution is 0.178. The van der Waals surface area contributed by atoms with E-state index in [1.54, 1.807) is 0 Å². The van der Waals surface area contributed by atoms with Gasteiger partial charge in [-0.2, -0.15) is 0 Å². The van der Waals surface area contributed by atoms with Gasteiger partial charge in [0.05, 0.1) is 6.10 Å². The molecule has 1 atom stereocenters. The number of aliphatic hydroxyl groups excluding tert-OH is 1. The van der Waals surface area contributed by atoms with Crippen molar-refractivity contribution < 1.29 is 5.11 Å². The van der Waals surface area contributed by atoms with Crippen LogP contribution in [-0.2, 0) is 13.1 Å². The molecule has 0 amide bonds. The van der Waals surface area contributed by atoms with E-state index in [0.29, 0.717) is 6.04 Å². The summed E-state index contributed by atoms with van der Waals surface area (Å²) in [5.74, 6) is 0. The molecular weight excluding hydrogens is 236 g/mol. The molecule has 0 radical (unpaired) electrons. The Morgan fingerprint density at radius 3 is 2.68 bits per heavy atom. The molecule has 3 heteroatoms. The molecule has 2 rings (SSSR count). The van der Waals surface area contributed by atoms with Gasteiger partial charge in [0.25, 0.3) is 0 Å². The van der Waals surface area contributed by atoms with Crippen molar-refractivity contribution in [1.82, 2.24) is 9.88 Å². The highest BCUT2D eigenvalue weighted by Crippen LogP contribution is 2.18. The zero-order valence-electron chi connectivity index (χ0n) is 12.1. The number of rotatable bonds is 6. The van der Waals surface area contributed by atoms with Crippen LogP contribution in [0.3, 0.4) is 0 Å². The van der Waals surface area contributed by atoms with Gasteiger partial charge in [0.2, 0.25) is 0 Å². The first-order valence-corrected chi connectivity index (χ1v) is 7.05. The minimum Gasteiger partial charge on any atom is -0.393 e. The minimum atomic E-state index is -0.247. The van der Waals surface area contributed by atoms with Gasteiger partial charge >= 0.3 is 0 Å². The lowest BCUT2D eigenvalue weighted by atomic mass is 10.1. The SMILES string of the molecule is CC(O)CCn1ccc2ccc(CNC(C)C)cc21. The van der Waals surface area contributed by atoms with E-state index in [1.807, 2.05) is 6.92 Å². The summed E-state index contributed by atoms with van der Waals surface area (Å²) in [6.07, 6.45) is 2.65. The monoisotopic (exact) mass is 260 g/mol. The fourth-order valence-electron chi connectivity index (χ4n) is 2.18. The maximum atomic E-state index is 9.40. The van der Waals surface area contributed by atoms with Gasteiger partial charge in [0.1, 0.15) is 0 Å². The number of nitrogens with one attached hydrogen (secondary N) is 1. The number of aromatic nitrogens is 1. The molecule has 0 fully saturated rings. The molecule has 2 aromatic rings. The first-order valence-electron chi connectivity index (χ1n) is 7.05. The lowest BCUT2D eigenvalue weighted by Crippen LogP contribution is -2.21. The molecule has 0 aliphatic carbocycles. The topological polar surface area (TPSA) is 37.2 Å². The molecule has 0 spiro atoms. The number of nitrogens with zero attached hydrogens (tertiary/aromatic N) is 1. The second-order valence-corrected chi connectivity index (χ2v) is 5.58. The van der Waals surface area contributed by atoms with E-state index in [2.05, 4.69) is 54.2 Å². The van der Waals surface area contributed by atoms with Crippen molar-refractivity contribution in [3.8, 4) is 0 Å². The highest BCUT2D eigenvalue weighted by Gasteiger charge is 2.04. The summed E-state index contributed by atoms with van der Waals surface area (Å²) >= 11 is 0. The summed E-state index contributed by atoms with van der Waals surface area (Å²) in [7, 11) is 0. The van der Waals surface area contributed by atoms with Gasteiger partial charge in [-0.3, -0.25) is 0 Å². The van der Waals surface area contributed by atoms with Crippen LogP contribution in [-0.4, -0.2) is 21.8 Å². The molecule has 1 heterocycles. The Kier molecular flexibility index (Phi) is 4.61. The summed E-state index contributed by atoms with van der Waals surface area (Å²) in [5, 5.41) is 14.1. The predicted molar refractivity (Wildman–Crippen MR) is 80.2 cm³/mol. The standard InChI is InChI=1S/C16H24N2O/c1-12(2)17-11-14-4-5-15-7-9-18(16(15)10-14)8-6-13(3)19/h4-5,7,9-10,12-13,17,19H,6,8,11H2,1-3H3. The maximum absolute atomic E-state index is 9.40. The average molecular weight is 260 g/mol. The summed E-state index contributed by atoms with van der Waals surface area (Å²) < 4.78 is 2.22. The van der Waals surface area contributed by atoms with E-state index < -0.39 is 0 Å². The van der Waals surface area contributed by atoms with Crippen LogP contribution in [0.5, 0.6) is 0 Å². The Hall–Kier alpha value is -1.32. The molecule has 0 saturated carbocycles. The van der Waals surface area contributed by atoms with E-state index >= 15 is 0 Å². The van der Waals surface area contributed by atoms with E-state index in [0.717, 1.165) is 19.5 Å². The smallest absolute Gasteiger partial charge is 0.0529 e. The molecule has 104 valence electrons. The number of hydrogen-bond donors (Lipinski definition) is 2. The largest absolute Gasteiger partial charge is 0.393 e. The van der Waals surface area contributed by atoms with Crippen molar-refractivity contribution in [2.24, 2.45) is 0 Å². The van der Waals surface area contributed by atoms with Crippen molar-refractivity contribution in [3.63, 3.8) is 0 Å². The Balaban J connectivity index is 2.17. The third-order valence-electron chi connectivity index (χ3n) is 3.34. The van der Waals surface area contributed by atoms with Gasteiger partial charge in [0, 0.05) is 30.8 Å². The van der Waals surface area contributed by atoms with Crippen molar-refractivity contribution in [3.05, 3.63) is 36.0 Å². The predicted octanol–water partition coefficient (Wildman–Crippen LogP) is 2.91. The van der Waals surface area contributed by atoms with Crippen molar-refractivity contribution in [2.45, 2.75) is 52.4 Å². The highest BCUT2D eigenvalue weighted by molar-refractivity contribution is 5.80. The van der Waals surface area contributed by atoms with E-state index in [4.69, 9.17) is 0 Å². The minimum absolute atomic E-state index is 0.247. The van der Waals surface area contributed by atoms with Crippen LogP contribution in [0.2, 0.25) is 0 Å². The summed E-state index contributed by atoms with van der Waals surface area (Å²) in [4.78, 5) is 0. The number of benzene rings is 1. The maximum Gasteiger partial charge on any atom is 0.0529 e. The first kappa shape index (κ1) is 14.1. The molecule has 0 saturated heterocycles. The number of aryl methyl sites for hydroxylation is 1. The Labute approximate surface area is 115 Å². The quantitative estimate of drug-likeness (QED) is 0.838.